The van der Waals surface area contributed by atoms with E-state index in [1.165, 1.54) is 19.3 Å². The van der Waals surface area contributed by atoms with Crippen LogP contribution in [-0.2, 0) is 16.1 Å². The van der Waals surface area contributed by atoms with Gasteiger partial charge in [-0.1, -0.05) is 38.3 Å². The van der Waals surface area contributed by atoms with E-state index in [1.807, 2.05) is 39.0 Å². The Morgan fingerprint density at radius 3 is 2.71 bits per heavy atom. The van der Waals surface area contributed by atoms with E-state index in [9.17, 15) is 9.59 Å². The van der Waals surface area contributed by atoms with Crippen LogP contribution in [0.2, 0.25) is 0 Å². The zero-order valence-electron chi connectivity index (χ0n) is 21.2. The van der Waals surface area contributed by atoms with Crippen molar-refractivity contribution >= 4 is 33.7 Å². The largest absolute Gasteiger partial charge is 0.444 e. The van der Waals surface area contributed by atoms with Gasteiger partial charge in [0.15, 0.2) is 0 Å². The molecule has 1 saturated carbocycles. The first-order chi connectivity index (χ1) is 16.0. The molecule has 2 aliphatic rings. The van der Waals surface area contributed by atoms with Crippen molar-refractivity contribution in [1.82, 2.24) is 14.8 Å². The van der Waals surface area contributed by atoms with Gasteiger partial charge in [-0.25, -0.2) is 9.78 Å². The lowest BCUT2D eigenvalue weighted by atomic mass is 9.99. The number of likely N-dealkylation sites (tertiary alicyclic amines) is 1. The van der Waals surface area contributed by atoms with Gasteiger partial charge in [-0.3, -0.25) is 9.69 Å². The number of carbonyl (C=O) groups is 2. The highest BCUT2D eigenvalue weighted by Crippen LogP contribution is 2.60. The molecule has 2 heterocycles. The molecule has 2 fully saturated rings. The van der Waals surface area contributed by atoms with Gasteiger partial charge in [0.25, 0.3) is 0 Å². The van der Waals surface area contributed by atoms with Gasteiger partial charge in [-0.2, -0.15) is 0 Å². The van der Waals surface area contributed by atoms with Gasteiger partial charge in [-0.15, -0.1) is 6.58 Å². The number of piperidine rings is 1. The number of carbonyl (C=O) groups excluding carboxylic acids is 2. The van der Waals surface area contributed by atoms with Crippen LogP contribution in [0, 0.1) is 5.41 Å². The quantitative estimate of drug-likeness (QED) is 0.235. The van der Waals surface area contributed by atoms with Gasteiger partial charge in [0, 0.05) is 23.6 Å². The Morgan fingerprint density at radius 1 is 1.32 bits per heavy atom. The zero-order chi connectivity index (χ0) is 25.1. The summed E-state index contributed by atoms with van der Waals surface area (Å²) < 4.78 is 6.28. The fourth-order valence-electron chi connectivity index (χ4n) is 4.74. The lowest BCUT2D eigenvalue weighted by molar-refractivity contribution is -0.121. The second kappa shape index (κ2) is 10.8. The first-order valence-corrected chi connectivity index (χ1v) is 13.1. The molecule has 0 bridgehead atoms. The van der Waals surface area contributed by atoms with E-state index < -0.39 is 17.7 Å². The smallest absolute Gasteiger partial charge is 0.411 e. The highest BCUT2D eigenvalue weighted by molar-refractivity contribution is 9.10. The van der Waals surface area contributed by atoms with Gasteiger partial charge in [0.1, 0.15) is 22.1 Å². The van der Waals surface area contributed by atoms with Crippen LogP contribution in [-0.4, -0.2) is 58.1 Å². The zero-order valence-corrected chi connectivity index (χ0v) is 22.8. The summed E-state index contributed by atoms with van der Waals surface area (Å²) in [6.45, 7) is 13.3. The maximum atomic E-state index is 13.4. The van der Waals surface area contributed by atoms with Crippen LogP contribution in [0.25, 0.3) is 0 Å². The first kappa shape index (κ1) is 26.7. The molecular formula is C26H39BrN4O3. The molecule has 3 atom stereocenters. The van der Waals surface area contributed by atoms with Crippen LogP contribution < -0.4 is 5.32 Å². The van der Waals surface area contributed by atoms with Crippen LogP contribution in [0.3, 0.4) is 0 Å². The maximum absolute atomic E-state index is 13.4. The van der Waals surface area contributed by atoms with Gasteiger partial charge >= 0.3 is 6.09 Å². The summed E-state index contributed by atoms with van der Waals surface area (Å²) in [6.07, 6.45) is 7.64. The minimum absolute atomic E-state index is 0.0419. The average molecular weight is 536 g/mol. The normalized spacial score (nSPS) is 23.6. The number of nitrogens with one attached hydrogen (secondary N) is 1. The third-order valence-corrected chi connectivity index (χ3v) is 7.10. The van der Waals surface area contributed by atoms with Crippen molar-refractivity contribution < 1.29 is 14.3 Å². The molecule has 1 unspecified atom stereocenters. The number of hydrogen-bond donors (Lipinski definition) is 1. The van der Waals surface area contributed by atoms with Crippen LogP contribution in [0.1, 0.15) is 71.8 Å². The molecule has 0 radical (unpaired) electrons. The average Bonchev–Trinajstić information content (AvgIpc) is 3.36. The fourth-order valence-corrected chi connectivity index (χ4v) is 5.05. The first-order valence-electron chi connectivity index (χ1n) is 12.3. The summed E-state index contributed by atoms with van der Waals surface area (Å²) in [5.41, 5.74) is 0.109. The molecule has 1 N–H and O–H groups in total. The number of unbranched alkanes of at least 4 members (excludes halogenated alkanes) is 3. The van der Waals surface area contributed by atoms with E-state index in [-0.39, 0.29) is 17.4 Å². The predicted octanol–water partition coefficient (Wildman–Crippen LogP) is 5.75. The van der Waals surface area contributed by atoms with E-state index in [0.29, 0.717) is 23.4 Å². The van der Waals surface area contributed by atoms with E-state index in [2.05, 4.69) is 51.7 Å². The lowest BCUT2D eigenvalue weighted by Crippen LogP contribution is -2.47. The molecule has 1 aliphatic heterocycles. The Bertz CT molecular complexity index is 916. The van der Waals surface area contributed by atoms with Crippen LogP contribution in [0.5, 0.6) is 0 Å². The van der Waals surface area contributed by atoms with Crippen molar-refractivity contribution in [1.29, 1.82) is 0 Å². The summed E-state index contributed by atoms with van der Waals surface area (Å²) in [5, 5.41) is 3.01. The molecule has 3 rings (SSSR count). The van der Waals surface area contributed by atoms with Crippen LogP contribution in [0.4, 0.5) is 10.6 Å². The predicted molar refractivity (Wildman–Crippen MR) is 139 cm³/mol. The van der Waals surface area contributed by atoms with Crippen molar-refractivity contribution in [3.8, 4) is 0 Å². The standard InChI is InChI=1S/C26H39BrN4O3/c1-7-9-10-11-14-30(6)17-18-12-13-21(27)28-22(18)29-23(32)19-15-26(8-2)16-20(26)31(19)24(33)34-25(3,4)5/h8,12-13,19-20H,2,7,9-11,14-17H2,1,3-6H3,(H,28,29,32)/t19?,20-,26+/m1/s1. The molecule has 1 aromatic heterocycles. The van der Waals surface area contributed by atoms with Crippen molar-refractivity contribution in [3.05, 3.63) is 35.0 Å². The second-order valence-electron chi connectivity index (χ2n) is 10.7. The molecule has 1 saturated heterocycles. The summed E-state index contributed by atoms with van der Waals surface area (Å²) in [6, 6.07) is 3.21. The summed E-state index contributed by atoms with van der Waals surface area (Å²) in [4.78, 5) is 34.9. The Morgan fingerprint density at radius 2 is 2.06 bits per heavy atom. The number of rotatable bonds is 10. The molecule has 7 nitrogen and oxygen atoms in total. The minimum atomic E-state index is -0.632. The summed E-state index contributed by atoms with van der Waals surface area (Å²) in [5.74, 6) is 0.286. The van der Waals surface area contributed by atoms with Crippen molar-refractivity contribution in [2.45, 2.75) is 90.4 Å². The monoisotopic (exact) mass is 534 g/mol. The van der Waals surface area contributed by atoms with Crippen molar-refractivity contribution in [3.63, 3.8) is 0 Å². The lowest BCUT2D eigenvalue weighted by Gasteiger charge is -2.30. The highest BCUT2D eigenvalue weighted by atomic mass is 79.9. The molecule has 1 aliphatic carbocycles. The Balaban J connectivity index is 1.73. The number of hydrogen-bond acceptors (Lipinski definition) is 5. The van der Waals surface area contributed by atoms with E-state index >= 15 is 0 Å². The van der Waals surface area contributed by atoms with Gasteiger partial charge in [0.2, 0.25) is 5.91 Å². The number of amides is 2. The number of nitrogens with zero attached hydrogens (tertiary/aromatic N) is 3. The van der Waals surface area contributed by atoms with E-state index in [4.69, 9.17) is 4.74 Å². The molecule has 2 amide bonds. The number of aromatic nitrogens is 1. The van der Waals surface area contributed by atoms with E-state index in [0.717, 1.165) is 24.9 Å². The maximum Gasteiger partial charge on any atom is 0.411 e. The number of fused-ring (bicyclic) bond motifs is 1. The number of pyridine rings is 1. The topological polar surface area (TPSA) is 74.8 Å². The second-order valence-corrected chi connectivity index (χ2v) is 11.5. The van der Waals surface area contributed by atoms with Gasteiger partial charge < -0.3 is 15.0 Å². The molecule has 8 heteroatoms. The SMILES string of the molecule is C=C[C@@]12CC(C(=O)Nc3nc(Br)ccc3CN(C)CCCCCC)N(C(=O)OC(C)(C)C)[C@@H]1C2. The van der Waals surface area contributed by atoms with Crippen LogP contribution in [0.15, 0.2) is 29.4 Å². The van der Waals surface area contributed by atoms with Gasteiger partial charge in [-0.05, 0) is 75.6 Å². The van der Waals surface area contributed by atoms with Crippen LogP contribution >= 0.6 is 15.9 Å². The molecule has 188 valence electrons. The highest BCUT2D eigenvalue weighted by Gasteiger charge is 2.66. The number of ether oxygens (including phenoxy) is 1. The van der Waals surface area contributed by atoms with Crippen molar-refractivity contribution in [2.75, 3.05) is 18.9 Å². The molecular weight excluding hydrogens is 496 g/mol. The minimum Gasteiger partial charge on any atom is -0.444 e. The Hall–Kier alpha value is -1.93. The third-order valence-electron chi connectivity index (χ3n) is 6.66. The Kier molecular flexibility index (Phi) is 8.45. The summed E-state index contributed by atoms with van der Waals surface area (Å²) in [7, 11) is 2.09. The number of halogens is 1. The van der Waals surface area contributed by atoms with E-state index in [1.54, 1.807) is 4.90 Å². The third kappa shape index (κ3) is 6.39. The van der Waals surface area contributed by atoms with Gasteiger partial charge in [0.05, 0.1) is 0 Å². The molecule has 0 spiro atoms. The number of anilines is 1. The van der Waals surface area contributed by atoms with Crippen molar-refractivity contribution in [2.24, 2.45) is 5.41 Å². The molecule has 0 aromatic carbocycles. The summed E-state index contributed by atoms with van der Waals surface area (Å²) >= 11 is 3.43. The molecule has 1 aromatic rings. The Labute approximate surface area is 212 Å². The fraction of sp³-hybridized carbons (Fsp3) is 0.654. The molecule has 34 heavy (non-hydrogen) atoms.